The largest absolute Gasteiger partial charge is 0.481 e. The predicted molar refractivity (Wildman–Crippen MR) is 63.3 cm³/mol. The number of nitrogens with zero attached hydrogens (tertiary/aromatic N) is 1. The average molecular weight is 225 g/mol. The van der Waals surface area contributed by atoms with Crippen LogP contribution in [0.2, 0.25) is 0 Å². The van der Waals surface area contributed by atoms with Gasteiger partial charge in [-0.1, -0.05) is 19.8 Å². The molecule has 1 aliphatic carbocycles. The summed E-state index contributed by atoms with van der Waals surface area (Å²) in [5.74, 6) is 0.0179. The fourth-order valence-corrected chi connectivity index (χ4v) is 3.59. The van der Waals surface area contributed by atoms with Crippen LogP contribution in [0.5, 0.6) is 0 Å². The van der Waals surface area contributed by atoms with Crippen LogP contribution in [-0.4, -0.2) is 34.6 Å². The van der Waals surface area contributed by atoms with E-state index < -0.39 is 5.97 Å². The van der Waals surface area contributed by atoms with Gasteiger partial charge < -0.3 is 5.11 Å². The summed E-state index contributed by atoms with van der Waals surface area (Å²) in [5.41, 5.74) is 0. The van der Waals surface area contributed by atoms with Crippen molar-refractivity contribution in [2.75, 3.05) is 6.54 Å². The first kappa shape index (κ1) is 11.9. The molecule has 0 bridgehead atoms. The van der Waals surface area contributed by atoms with Gasteiger partial charge in [-0.3, -0.25) is 9.69 Å². The number of carbonyl (C=O) groups is 1. The fraction of sp³-hybridized carbons (Fsp3) is 0.923. The van der Waals surface area contributed by atoms with E-state index in [0.29, 0.717) is 12.1 Å². The highest BCUT2D eigenvalue weighted by atomic mass is 16.4. The van der Waals surface area contributed by atoms with Gasteiger partial charge in [0.15, 0.2) is 0 Å². The van der Waals surface area contributed by atoms with Gasteiger partial charge in [-0.15, -0.1) is 0 Å². The van der Waals surface area contributed by atoms with Crippen molar-refractivity contribution in [2.45, 2.75) is 58.0 Å². The molecule has 4 atom stereocenters. The Hall–Kier alpha value is -0.570. The van der Waals surface area contributed by atoms with Crippen molar-refractivity contribution in [1.82, 2.24) is 4.90 Å². The highest BCUT2D eigenvalue weighted by molar-refractivity contribution is 5.71. The quantitative estimate of drug-likeness (QED) is 0.784. The van der Waals surface area contributed by atoms with Gasteiger partial charge in [0.25, 0.3) is 0 Å². The summed E-state index contributed by atoms with van der Waals surface area (Å²) >= 11 is 0. The molecule has 4 unspecified atom stereocenters. The SMILES string of the molecule is CC1CC(C)N(C2CCCCC2C(=O)O)C1. The van der Waals surface area contributed by atoms with Crippen LogP contribution in [0.4, 0.5) is 0 Å². The second-order valence-electron chi connectivity index (χ2n) is 5.68. The maximum atomic E-state index is 11.3. The Bertz CT molecular complexity index is 267. The van der Waals surface area contributed by atoms with Crippen LogP contribution in [0.3, 0.4) is 0 Å². The molecule has 1 saturated carbocycles. The minimum atomic E-state index is -0.587. The maximum Gasteiger partial charge on any atom is 0.308 e. The summed E-state index contributed by atoms with van der Waals surface area (Å²) in [6, 6.07) is 0.867. The highest BCUT2D eigenvalue weighted by Crippen LogP contribution is 2.34. The molecule has 16 heavy (non-hydrogen) atoms. The third-order valence-electron chi connectivity index (χ3n) is 4.30. The van der Waals surface area contributed by atoms with Crippen molar-refractivity contribution < 1.29 is 9.90 Å². The smallest absolute Gasteiger partial charge is 0.308 e. The summed E-state index contributed by atoms with van der Waals surface area (Å²) in [5, 5.41) is 9.29. The third-order valence-corrected chi connectivity index (χ3v) is 4.30. The molecule has 0 spiro atoms. The number of carboxylic acids is 1. The van der Waals surface area contributed by atoms with Crippen LogP contribution in [0.1, 0.15) is 46.0 Å². The topological polar surface area (TPSA) is 40.5 Å². The maximum absolute atomic E-state index is 11.3. The molecule has 0 radical (unpaired) electrons. The lowest BCUT2D eigenvalue weighted by Gasteiger charge is -2.38. The van der Waals surface area contributed by atoms with Crippen molar-refractivity contribution in [1.29, 1.82) is 0 Å². The molecule has 2 aliphatic rings. The zero-order valence-electron chi connectivity index (χ0n) is 10.4. The van der Waals surface area contributed by atoms with E-state index >= 15 is 0 Å². The van der Waals surface area contributed by atoms with Crippen molar-refractivity contribution >= 4 is 5.97 Å². The van der Waals surface area contributed by atoms with Gasteiger partial charge in [0.2, 0.25) is 0 Å². The van der Waals surface area contributed by atoms with E-state index in [1.807, 2.05) is 0 Å². The van der Waals surface area contributed by atoms with Crippen LogP contribution < -0.4 is 0 Å². The number of carboxylic acid groups (broad SMARTS) is 1. The van der Waals surface area contributed by atoms with E-state index in [9.17, 15) is 9.90 Å². The van der Waals surface area contributed by atoms with Crippen LogP contribution in [0.25, 0.3) is 0 Å². The van der Waals surface area contributed by atoms with Crippen molar-refractivity contribution in [3.63, 3.8) is 0 Å². The van der Waals surface area contributed by atoms with Gasteiger partial charge in [0, 0.05) is 18.6 Å². The average Bonchev–Trinajstić information content (AvgIpc) is 2.57. The van der Waals surface area contributed by atoms with E-state index in [2.05, 4.69) is 18.7 Å². The van der Waals surface area contributed by atoms with Crippen LogP contribution in [-0.2, 0) is 4.79 Å². The lowest BCUT2D eigenvalue weighted by molar-refractivity contribution is -0.145. The van der Waals surface area contributed by atoms with Crippen LogP contribution in [0, 0.1) is 11.8 Å². The number of aliphatic carboxylic acids is 1. The highest BCUT2D eigenvalue weighted by Gasteiger charge is 2.39. The second-order valence-corrected chi connectivity index (χ2v) is 5.68. The number of hydrogen-bond acceptors (Lipinski definition) is 2. The minimum Gasteiger partial charge on any atom is -0.481 e. The standard InChI is InChI=1S/C13H23NO2/c1-9-7-10(2)14(8-9)12-6-4-3-5-11(12)13(15)16/h9-12H,3-8H2,1-2H3,(H,15,16). The Kier molecular flexibility index (Phi) is 3.53. The summed E-state index contributed by atoms with van der Waals surface area (Å²) < 4.78 is 0. The minimum absolute atomic E-state index is 0.124. The fourth-order valence-electron chi connectivity index (χ4n) is 3.59. The first-order chi connectivity index (χ1) is 7.59. The summed E-state index contributed by atoms with van der Waals surface area (Å²) in [4.78, 5) is 13.7. The molecule has 0 amide bonds. The van der Waals surface area contributed by atoms with Crippen molar-refractivity contribution in [3.8, 4) is 0 Å². The molecule has 1 N–H and O–H groups in total. The molecular formula is C13H23NO2. The number of likely N-dealkylation sites (tertiary alicyclic amines) is 1. The Morgan fingerprint density at radius 2 is 1.94 bits per heavy atom. The summed E-state index contributed by atoms with van der Waals surface area (Å²) in [7, 11) is 0. The monoisotopic (exact) mass is 225 g/mol. The predicted octanol–water partition coefficient (Wildman–Crippen LogP) is 2.36. The number of rotatable bonds is 2. The molecule has 1 heterocycles. The lowest BCUT2D eigenvalue weighted by Crippen LogP contribution is -2.47. The van der Waals surface area contributed by atoms with Gasteiger partial charge in [-0.2, -0.15) is 0 Å². The van der Waals surface area contributed by atoms with E-state index in [-0.39, 0.29) is 5.92 Å². The van der Waals surface area contributed by atoms with E-state index in [0.717, 1.165) is 31.7 Å². The third kappa shape index (κ3) is 2.24. The summed E-state index contributed by atoms with van der Waals surface area (Å²) in [6.45, 7) is 5.61. The van der Waals surface area contributed by atoms with Gasteiger partial charge in [0.05, 0.1) is 5.92 Å². The molecule has 2 fully saturated rings. The Labute approximate surface area is 97.8 Å². The Balaban J connectivity index is 2.08. The number of hydrogen-bond donors (Lipinski definition) is 1. The zero-order valence-corrected chi connectivity index (χ0v) is 10.4. The molecule has 2 rings (SSSR count). The van der Waals surface area contributed by atoms with Gasteiger partial charge in [-0.05, 0) is 32.1 Å². The van der Waals surface area contributed by atoms with Gasteiger partial charge >= 0.3 is 5.97 Å². The van der Waals surface area contributed by atoms with Crippen LogP contribution in [0.15, 0.2) is 0 Å². The molecule has 0 aromatic heterocycles. The van der Waals surface area contributed by atoms with E-state index in [4.69, 9.17) is 0 Å². The molecule has 92 valence electrons. The Morgan fingerprint density at radius 1 is 1.25 bits per heavy atom. The van der Waals surface area contributed by atoms with Gasteiger partial charge in [0.1, 0.15) is 0 Å². The second kappa shape index (κ2) is 4.74. The molecule has 3 nitrogen and oxygen atoms in total. The lowest BCUT2D eigenvalue weighted by atomic mass is 9.83. The Morgan fingerprint density at radius 3 is 2.50 bits per heavy atom. The molecule has 1 aliphatic heterocycles. The van der Waals surface area contributed by atoms with E-state index in [1.54, 1.807) is 0 Å². The van der Waals surface area contributed by atoms with Crippen molar-refractivity contribution in [2.24, 2.45) is 11.8 Å². The first-order valence-corrected chi connectivity index (χ1v) is 6.58. The normalized spacial score (nSPS) is 41.1. The molecule has 0 aromatic carbocycles. The first-order valence-electron chi connectivity index (χ1n) is 6.58. The molecule has 1 saturated heterocycles. The molecular weight excluding hydrogens is 202 g/mol. The molecule has 0 aromatic rings. The van der Waals surface area contributed by atoms with Gasteiger partial charge in [-0.25, -0.2) is 0 Å². The van der Waals surface area contributed by atoms with E-state index in [1.165, 1.54) is 12.8 Å². The van der Waals surface area contributed by atoms with Crippen molar-refractivity contribution in [3.05, 3.63) is 0 Å². The molecule has 3 heteroatoms. The zero-order chi connectivity index (χ0) is 11.7. The summed E-state index contributed by atoms with van der Waals surface area (Å²) in [6.07, 6.45) is 5.46. The van der Waals surface area contributed by atoms with Crippen LogP contribution >= 0.6 is 0 Å².